The van der Waals surface area contributed by atoms with Gasteiger partial charge in [0, 0.05) is 12.5 Å². The Morgan fingerprint density at radius 3 is 2.53 bits per heavy atom. The summed E-state index contributed by atoms with van der Waals surface area (Å²) in [7, 11) is 0. The number of benzene rings is 2. The van der Waals surface area contributed by atoms with Gasteiger partial charge in [-0.05, 0) is 35.7 Å². The van der Waals surface area contributed by atoms with Crippen LogP contribution < -0.4 is 5.73 Å². The van der Waals surface area contributed by atoms with Crippen LogP contribution in [0.15, 0.2) is 48.5 Å². The average molecular weight is 259 g/mol. The largest absolute Gasteiger partial charge is 0.388 e. The highest BCUT2D eigenvalue weighted by Crippen LogP contribution is 2.31. The summed E-state index contributed by atoms with van der Waals surface area (Å²) >= 11 is 0. The van der Waals surface area contributed by atoms with Crippen molar-refractivity contribution in [1.82, 2.24) is 0 Å². The molecule has 0 saturated heterocycles. The van der Waals surface area contributed by atoms with Crippen molar-refractivity contribution in [2.24, 2.45) is 5.73 Å². The number of aliphatic hydroxyl groups excluding tert-OH is 1. The molecular formula is C16H18FNO. The molecule has 19 heavy (non-hydrogen) atoms. The molecule has 0 saturated carbocycles. The molecule has 0 aliphatic heterocycles. The van der Waals surface area contributed by atoms with E-state index in [2.05, 4.69) is 0 Å². The zero-order valence-corrected chi connectivity index (χ0v) is 10.9. The van der Waals surface area contributed by atoms with Gasteiger partial charge >= 0.3 is 0 Å². The number of hydrogen-bond donors (Lipinski definition) is 2. The normalized spacial score (nSPS) is 14.1. The second-order valence-electron chi connectivity index (χ2n) is 4.70. The molecule has 2 aromatic carbocycles. The van der Waals surface area contributed by atoms with Crippen molar-refractivity contribution in [3.8, 4) is 0 Å². The van der Waals surface area contributed by atoms with Crippen LogP contribution >= 0.6 is 0 Å². The molecular weight excluding hydrogens is 241 g/mol. The average Bonchev–Trinajstić information content (AvgIpc) is 2.40. The van der Waals surface area contributed by atoms with Crippen molar-refractivity contribution in [2.75, 3.05) is 6.54 Å². The first-order valence-corrected chi connectivity index (χ1v) is 6.32. The van der Waals surface area contributed by atoms with Crippen LogP contribution in [-0.4, -0.2) is 11.7 Å². The van der Waals surface area contributed by atoms with Crippen LogP contribution in [-0.2, 0) is 0 Å². The van der Waals surface area contributed by atoms with Gasteiger partial charge < -0.3 is 10.8 Å². The van der Waals surface area contributed by atoms with E-state index >= 15 is 0 Å². The Bertz CT molecular complexity index is 556. The van der Waals surface area contributed by atoms with Crippen LogP contribution in [0.4, 0.5) is 4.39 Å². The van der Waals surface area contributed by atoms with Gasteiger partial charge in [-0.15, -0.1) is 0 Å². The summed E-state index contributed by atoms with van der Waals surface area (Å²) in [6.07, 6.45) is -0.729. The lowest BCUT2D eigenvalue weighted by Gasteiger charge is -2.23. The highest BCUT2D eigenvalue weighted by atomic mass is 19.1. The summed E-state index contributed by atoms with van der Waals surface area (Å²) < 4.78 is 13.3. The summed E-state index contributed by atoms with van der Waals surface area (Å²) in [6.45, 7) is 2.21. The number of rotatable bonds is 4. The Kier molecular flexibility index (Phi) is 4.30. The van der Waals surface area contributed by atoms with Crippen LogP contribution in [0.1, 0.15) is 28.7 Å². The minimum Gasteiger partial charge on any atom is -0.388 e. The lowest BCUT2D eigenvalue weighted by atomic mass is 9.87. The van der Waals surface area contributed by atoms with Crippen molar-refractivity contribution in [1.29, 1.82) is 0 Å². The van der Waals surface area contributed by atoms with Gasteiger partial charge in [-0.1, -0.05) is 36.4 Å². The zero-order chi connectivity index (χ0) is 13.8. The second kappa shape index (κ2) is 5.95. The van der Waals surface area contributed by atoms with E-state index in [1.54, 1.807) is 12.1 Å². The fourth-order valence-corrected chi connectivity index (χ4v) is 2.32. The third-order valence-electron chi connectivity index (χ3n) is 3.42. The Morgan fingerprint density at radius 2 is 1.89 bits per heavy atom. The second-order valence-corrected chi connectivity index (χ2v) is 4.70. The number of hydrogen-bond acceptors (Lipinski definition) is 2. The van der Waals surface area contributed by atoms with E-state index in [1.165, 1.54) is 12.1 Å². The number of halogens is 1. The Labute approximate surface area is 112 Å². The van der Waals surface area contributed by atoms with Crippen LogP contribution in [0.3, 0.4) is 0 Å². The standard InChI is InChI=1S/C16H18FNO/c1-11-5-2-3-8-14(11)16(19)15(10-18)12-6-4-7-13(17)9-12/h2-9,15-16,19H,10,18H2,1H3. The summed E-state index contributed by atoms with van der Waals surface area (Å²) in [5.41, 5.74) is 8.32. The van der Waals surface area contributed by atoms with E-state index in [0.717, 1.165) is 16.7 Å². The van der Waals surface area contributed by atoms with Gasteiger partial charge in [0.25, 0.3) is 0 Å². The minimum absolute atomic E-state index is 0.263. The molecule has 2 atom stereocenters. The van der Waals surface area contributed by atoms with E-state index < -0.39 is 6.10 Å². The topological polar surface area (TPSA) is 46.2 Å². The van der Waals surface area contributed by atoms with Crippen LogP contribution in [0.2, 0.25) is 0 Å². The lowest BCUT2D eigenvalue weighted by Crippen LogP contribution is -2.20. The molecule has 2 aromatic rings. The Hall–Kier alpha value is -1.71. The monoisotopic (exact) mass is 259 g/mol. The van der Waals surface area contributed by atoms with Crippen molar-refractivity contribution >= 4 is 0 Å². The number of aliphatic hydroxyl groups is 1. The van der Waals surface area contributed by atoms with E-state index in [9.17, 15) is 9.50 Å². The molecule has 0 radical (unpaired) electrons. The molecule has 0 bridgehead atoms. The molecule has 0 spiro atoms. The van der Waals surface area contributed by atoms with Gasteiger partial charge in [-0.25, -0.2) is 4.39 Å². The van der Waals surface area contributed by atoms with E-state index in [0.29, 0.717) is 0 Å². The minimum atomic E-state index is -0.729. The highest BCUT2D eigenvalue weighted by Gasteiger charge is 2.22. The molecule has 0 fully saturated rings. The molecule has 0 heterocycles. The molecule has 2 unspecified atom stereocenters. The third kappa shape index (κ3) is 3.00. The van der Waals surface area contributed by atoms with Crippen molar-refractivity contribution in [3.63, 3.8) is 0 Å². The summed E-state index contributed by atoms with van der Waals surface area (Å²) in [6, 6.07) is 13.9. The smallest absolute Gasteiger partial charge is 0.123 e. The Morgan fingerprint density at radius 1 is 1.16 bits per heavy atom. The van der Waals surface area contributed by atoms with Crippen LogP contribution in [0.25, 0.3) is 0 Å². The maximum atomic E-state index is 13.3. The molecule has 0 aromatic heterocycles. The maximum Gasteiger partial charge on any atom is 0.123 e. The van der Waals surface area contributed by atoms with Crippen molar-refractivity contribution in [3.05, 3.63) is 71.0 Å². The molecule has 3 N–H and O–H groups in total. The molecule has 0 aliphatic carbocycles. The third-order valence-corrected chi connectivity index (χ3v) is 3.42. The maximum absolute atomic E-state index is 13.3. The van der Waals surface area contributed by atoms with E-state index in [4.69, 9.17) is 5.73 Å². The van der Waals surface area contributed by atoms with E-state index in [1.807, 2.05) is 31.2 Å². The van der Waals surface area contributed by atoms with E-state index in [-0.39, 0.29) is 18.3 Å². The first kappa shape index (κ1) is 13.7. The van der Waals surface area contributed by atoms with Gasteiger partial charge in [0.05, 0.1) is 6.10 Å². The summed E-state index contributed by atoms with van der Waals surface area (Å²) in [5, 5.41) is 10.5. The fraction of sp³-hybridized carbons (Fsp3) is 0.250. The SMILES string of the molecule is Cc1ccccc1C(O)C(CN)c1cccc(F)c1. The van der Waals surface area contributed by atoms with Crippen LogP contribution in [0.5, 0.6) is 0 Å². The van der Waals surface area contributed by atoms with Gasteiger partial charge in [0.1, 0.15) is 5.82 Å². The Balaban J connectivity index is 2.35. The summed E-state index contributed by atoms with van der Waals surface area (Å²) in [5.74, 6) is -0.621. The first-order chi connectivity index (χ1) is 9.13. The lowest BCUT2D eigenvalue weighted by molar-refractivity contribution is 0.146. The first-order valence-electron chi connectivity index (χ1n) is 6.32. The van der Waals surface area contributed by atoms with Gasteiger partial charge in [0.2, 0.25) is 0 Å². The van der Waals surface area contributed by atoms with Crippen molar-refractivity contribution < 1.29 is 9.50 Å². The molecule has 2 nitrogen and oxygen atoms in total. The molecule has 100 valence electrons. The molecule has 0 aliphatic rings. The highest BCUT2D eigenvalue weighted by molar-refractivity contribution is 5.32. The number of nitrogens with two attached hydrogens (primary N) is 1. The predicted molar refractivity (Wildman–Crippen MR) is 74.3 cm³/mol. The van der Waals surface area contributed by atoms with Crippen molar-refractivity contribution in [2.45, 2.75) is 18.9 Å². The van der Waals surface area contributed by atoms with Gasteiger partial charge in [-0.2, -0.15) is 0 Å². The number of aryl methyl sites for hydroxylation is 1. The summed E-state index contributed by atoms with van der Waals surface area (Å²) in [4.78, 5) is 0. The molecule has 0 amide bonds. The fourth-order valence-electron chi connectivity index (χ4n) is 2.32. The quantitative estimate of drug-likeness (QED) is 0.886. The van der Waals surface area contributed by atoms with Gasteiger partial charge in [0.15, 0.2) is 0 Å². The van der Waals surface area contributed by atoms with Gasteiger partial charge in [-0.3, -0.25) is 0 Å². The predicted octanol–water partition coefficient (Wildman–Crippen LogP) is 2.91. The zero-order valence-electron chi connectivity index (χ0n) is 10.9. The van der Waals surface area contributed by atoms with Crippen LogP contribution in [0, 0.1) is 12.7 Å². The molecule has 3 heteroatoms. The molecule has 2 rings (SSSR count).